The Balaban J connectivity index is -0.0000000150. The monoisotopic (exact) mass is 255 g/mol. The molecule has 7 heteroatoms. The number of halogens is 3. The van der Waals surface area contributed by atoms with Crippen LogP contribution in [-0.4, -0.2) is 0 Å². The van der Waals surface area contributed by atoms with E-state index in [9.17, 15) is 0 Å². The SMILES string of the molecule is [Cl][Ru]([Cl])[Cl].[NH2-].[NH2-].[NH2-]. The predicted molar refractivity (Wildman–Crippen MR) is 33.4 cm³/mol. The van der Waals surface area contributed by atoms with Crippen LogP contribution >= 0.6 is 29.1 Å². The van der Waals surface area contributed by atoms with E-state index in [4.69, 9.17) is 29.1 Å². The zero-order chi connectivity index (χ0) is 3.58. The fourth-order valence-corrected chi connectivity index (χ4v) is 0. The Morgan fingerprint density at radius 1 is 0.714 bits per heavy atom. The van der Waals surface area contributed by atoms with Gasteiger partial charge in [-0.3, -0.25) is 0 Å². The molecule has 0 atom stereocenters. The van der Waals surface area contributed by atoms with Crippen molar-refractivity contribution in [2.45, 2.75) is 0 Å². The van der Waals surface area contributed by atoms with Crippen LogP contribution in [0.4, 0.5) is 0 Å². The van der Waals surface area contributed by atoms with Crippen LogP contribution in [0.2, 0.25) is 0 Å². The molecule has 0 aliphatic rings. The van der Waals surface area contributed by atoms with Crippen molar-refractivity contribution in [2.75, 3.05) is 0 Å². The van der Waals surface area contributed by atoms with Crippen LogP contribution in [0.3, 0.4) is 0 Å². The first-order valence-corrected chi connectivity index (χ1v) is 7.12. The number of rotatable bonds is 0. The molecule has 53 valence electrons. The van der Waals surface area contributed by atoms with Crippen molar-refractivity contribution in [3.05, 3.63) is 18.5 Å². The van der Waals surface area contributed by atoms with E-state index >= 15 is 0 Å². The molecule has 0 bridgehead atoms. The molecule has 0 unspecified atom stereocenters. The minimum atomic E-state index is -1.75. The van der Waals surface area contributed by atoms with E-state index in [1.807, 2.05) is 0 Å². The smallest absolute Gasteiger partial charge is 0.693 e. The molecule has 0 fully saturated rings. The van der Waals surface area contributed by atoms with Gasteiger partial charge in [-0.15, -0.1) is 0 Å². The Bertz CT molecular complexity index is 14.9. The second-order valence-electron chi connectivity index (χ2n) is 0.152. The van der Waals surface area contributed by atoms with Gasteiger partial charge in [0.1, 0.15) is 0 Å². The van der Waals surface area contributed by atoms with Crippen molar-refractivity contribution in [3.63, 3.8) is 0 Å². The summed E-state index contributed by atoms with van der Waals surface area (Å²) in [6.07, 6.45) is 0. The molecule has 6 N–H and O–H groups in total. The van der Waals surface area contributed by atoms with Gasteiger partial charge in [-0.25, -0.2) is 0 Å². The average molecular weight is 255 g/mol. The molecule has 0 aromatic heterocycles. The molecule has 0 spiro atoms. The third kappa shape index (κ3) is 113. The minimum absolute atomic E-state index is 0. The Labute approximate surface area is 60.5 Å². The number of hydrogen-bond acceptors (Lipinski definition) is 0. The molecule has 0 aliphatic carbocycles. The van der Waals surface area contributed by atoms with Crippen LogP contribution in [0.25, 0.3) is 18.5 Å². The molecular weight excluding hydrogens is 249 g/mol. The van der Waals surface area contributed by atoms with E-state index in [2.05, 4.69) is 0 Å². The molecule has 0 aliphatic heterocycles. The summed E-state index contributed by atoms with van der Waals surface area (Å²) in [5.74, 6) is 0. The summed E-state index contributed by atoms with van der Waals surface area (Å²) < 4.78 is 0. The van der Waals surface area contributed by atoms with Crippen molar-refractivity contribution in [3.8, 4) is 0 Å². The maximum absolute atomic E-state index is 4.95. The standard InChI is InChI=1S/3ClH.3H2N.Ru/h3*1H;3*1H2;/q;;;3*-1;+3/p-3. The molecule has 0 heterocycles. The van der Waals surface area contributed by atoms with Gasteiger partial charge in [0.2, 0.25) is 0 Å². The quantitative estimate of drug-likeness (QED) is 0.579. The van der Waals surface area contributed by atoms with Gasteiger partial charge >= 0.3 is 42.1 Å². The van der Waals surface area contributed by atoms with Crippen molar-refractivity contribution < 1.29 is 13.0 Å². The third-order valence-corrected chi connectivity index (χ3v) is 0. The molecule has 0 saturated carbocycles. The Kier molecular flexibility index (Phi) is 53.2. The topological polar surface area (TPSA) is 100 Å². The summed E-state index contributed by atoms with van der Waals surface area (Å²) in [5, 5.41) is 0. The second-order valence-corrected chi connectivity index (χ2v) is 8.07. The first-order valence-electron chi connectivity index (χ1n) is 0.401. The summed E-state index contributed by atoms with van der Waals surface area (Å²) in [5.41, 5.74) is 0. The first kappa shape index (κ1) is 23.8. The average Bonchev–Trinajstić information content (AvgIpc) is 0.811. The summed E-state index contributed by atoms with van der Waals surface area (Å²) in [6, 6.07) is 0. The van der Waals surface area contributed by atoms with Gasteiger partial charge in [0.05, 0.1) is 0 Å². The minimum Gasteiger partial charge on any atom is -0.693 e. The van der Waals surface area contributed by atoms with E-state index in [0.717, 1.165) is 0 Å². The maximum Gasteiger partial charge on any atom is -0.693 e. The third-order valence-electron chi connectivity index (χ3n) is 0. The van der Waals surface area contributed by atoms with Gasteiger partial charge in [0.15, 0.2) is 0 Å². The largest absolute Gasteiger partial charge is 0.693 e. The molecule has 7 heavy (non-hydrogen) atoms. The van der Waals surface area contributed by atoms with E-state index in [1.54, 1.807) is 0 Å². The molecule has 0 aromatic rings. The summed E-state index contributed by atoms with van der Waals surface area (Å²) >= 11 is -1.75. The normalized spacial score (nSPS) is 6.43. The summed E-state index contributed by atoms with van der Waals surface area (Å²) in [4.78, 5) is 0. The predicted octanol–water partition coefficient (Wildman–Crippen LogP) is 4.22. The van der Waals surface area contributed by atoms with E-state index in [0.29, 0.717) is 0 Å². The van der Waals surface area contributed by atoms with Gasteiger partial charge in [-0.2, -0.15) is 0 Å². The van der Waals surface area contributed by atoms with Crippen molar-refractivity contribution in [1.82, 2.24) is 0 Å². The van der Waals surface area contributed by atoms with Crippen LogP contribution in [0.5, 0.6) is 0 Å². The molecule has 0 rings (SSSR count). The fourth-order valence-electron chi connectivity index (χ4n) is 0. The van der Waals surface area contributed by atoms with Crippen LogP contribution in [-0.2, 0) is 13.0 Å². The number of hydrogen-bond donors (Lipinski definition) is 0. The van der Waals surface area contributed by atoms with E-state index in [-0.39, 0.29) is 18.5 Å². The van der Waals surface area contributed by atoms with Gasteiger partial charge < -0.3 is 18.5 Å². The van der Waals surface area contributed by atoms with Crippen LogP contribution in [0, 0.1) is 0 Å². The summed E-state index contributed by atoms with van der Waals surface area (Å²) in [6.45, 7) is 0. The van der Waals surface area contributed by atoms with Gasteiger partial charge in [0.25, 0.3) is 0 Å². The molecular formula is H6Cl3N3Ru-3. The van der Waals surface area contributed by atoms with E-state index in [1.165, 1.54) is 0 Å². The van der Waals surface area contributed by atoms with Crippen LogP contribution < -0.4 is 0 Å². The first-order chi connectivity index (χ1) is 1.73. The van der Waals surface area contributed by atoms with Crippen LogP contribution in [0.1, 0.15) is 0 Å². The maximum atomic E-state index is 4.95. The fraction of sp³-hybridized carbons (Fsp3) is 0. The second kappa shape index (κ2) is 15.7. The summed E-state index contributed by atoms with van der Waals surface area (Å²) in [7, 11) is 14.8. The molecule has 3 nitrogen and oxygen atoms in total. The van der Waals surface area contributed by atoms with Crippen molar-refractivity contribution in [2.24, 2.45) is 0 Å². The zero-order valence-electron chi connectivity index (χ0n) is 3.22. The van der Waals surface area contributed by atoms with Crippen molar-refractivity contribution in [1.29, 1.82) is 0 Å². The number of nitrogens with two attached hydrogens (primary N) is 3. The van der Waals surface area contributed by atoms with Gasteiger partial charge in [-0.1, -0.05) is 0 Å². The van der Waals surface area contributed by atoms with Gasteiger partial charge in [-0.05, 0) is 0 Å². The molecule has 0 amide bonds. The molecule has 0 saturated heterocycles. The van der Waals surface area contributed by atoms with Gasteiger partial charge in [0, 0.05) is 0 Å². The molecule has 0 radical (unpaired) electrons. The molecule has 0 aromatic carbocycles. The zero-order valence-corrected chi connectivity index (χ0v) is 7.23. The van der Waals surface area contributed by atoms with Crippen molar-refractivity contribution >= 4 is 29.1 Å². The Morgan fingerprint density at radius 2 is 0.714 bits per heavy atom. The Hall–Kier alpha value is 1.37. The Morgan fingerprint density at radius 3 is 0.714 bits per heavy atom. The van der Waals surface area contributed by atoms with Crippen LogP contribution in [0.15, 0.2) is 0 Å². The van der Waals surface area contributed by atoms with E-state index < -0.39 is 13.0 Å².